The molecule has 1 N–H and O–H groups in total. The molecule has 0 aliphatic rings. The molecule has 6 heteroatoms. The molecule has 0 aliphatic heterocycles. The Morgan fingerprint density at radius 2 is 1.68 bits per heavy atom. The van der Waals surface area contributed by atoms with E-state index in [0.717, 1.165) is 34.4 Å². The molecule has 31 heavy (non-hydrogen) atoms. The summed E-state index contributed by atoms with van der Waals surface area (Å²) in [6.45, 7) is 0.546. The van der Waals surface area contributed by atoms with Crippen LogP contribution in [0.3, 0.4) is 0 Å². The first-order valence-electron chi connectivity index (χ1n) is 10.2. The Bertz CT molecular complexity index is 1320. The zero-order chi connectivity index (χ0) is 21.0. The predicted molar refractivity (Wildman–Crippen MR) is 120 cm³/mol. The zero-order valence-electron chi connectivity index (χ0n) is 16.8. The van der Waals surface area contributed by atoms with Crippen LogP contribution in [0.5, 0.6) is 0 Å². The van der Waals surface area contributed by atoms with Gasteiger partial charge in [-0.2, -0.15) is 5.10 Å². The molecule has 0 fully saturated rings. The Hall–Kier alpha value is -4.19. The second kappa shape index (κ2) is 8.28. The molecule has 0 spiro atoms. The van der Waals surface area contributed by atoms with Crippen LogP contribution in [0.15, 0.2) is 97.6 Å². The quantitative estimate of drug-likeness (QED) is 0.460. The van der Waals surface area contributed by atoms with E-state index >= 15 is 0 Å². The molecule has 0 saturated heterocycles. The van der Waals surface area contributed by atoms with Gasteiger partial charge < -0.3 is 9.72 Å². The number of aromatic nitrogens is 4. The fraction of sp³-hybridized carbons (Fsp3) is 0.0800. The molecule has 0 unspecified atom stereocenters. The molecule has 5 rings (SSSR count). The lowest BCUT2D eigenvalue weighted by Crippen LogP contribution is -2.26. The average molecular weight is 407 g/mol. The Balaban J connectivity index is 1.35. The van der Waals surface area contributed by atoms with Crippen molar-refractivity contribution in [1.29, 1.82) is 0 Å². The van der Waals surface area contributed by atoms with Crippen molar-refractivity contribution in [2.75, 3.05) is 6.54 Å². The van der Waals surface area contributed by atoms with Crippen LogP contribution < -0.4 is 5.32 Å². The summed E-state index contributed by atoms with van der Waals surface area (Å²) in [7, 11) is 0. The van der Waals surface area contributed by atoms with Crippen molar-refractivity contribution in [3.05, 3.63) is 109 Å². The Morgan fingerprint density at radius 1 is 0.871 bits per heavy atom. The molecule has 1 amide bonds. The number of benzene rings is 1. The number of carbonyl (C=O) groups excluding carboxylic acids is 1. The van der Waals surface area contributed by atoms with Gasteiger partial charge in [0.25, 0.3) is 5.91 Å². The first kappa shape index (κ1) is 18.8. The van der Waals surface area contributed by atoms with E-state index in [9.17, 15) is 4.79 Å². The van der Waals surface area contributed by atoms with Crippen molar-refractivity contribution in [3.63, 3.8) is 0 Å². The van der Waals surface area contributed by atoms with Gasteiger partial charge in [0.05, 0.1) is 0 Å². The normalized spacial score (nSPS) is 11.0. The van der Waals surface area contributed by atoms with Gasteiger partial charge in [-0.15, -0.1) is 0 Å². The molecule has 5 aromatic rings. The number of fused-ring (bicyclic) bond motifs is 1. The molecule has 152 valence electrons. The maximum atomic E-state index is 12.5. The van der Waals surface area contributed by atoms with Gasteiger partial charge in [0.1, 0.15) is 5.82 Å². The van der Waals surface area contributed by atoms with E-state index in [0.29, 0.717) is 12.2 Å². The van der Waals surface area contributed by atoms with Gasteiger partial charge in [-0.05, 0) is 59.5 Å². The van der Waals surface area contributed by atoms with Crippen molar-refractivity contribution in [3.8, 4) is 16.9 Å². The van der Waals surface area contributed by atoms with Crippen molar-refractivity contribution in [2.45, 2.75) is 6.42 Å². The van der Waals surface area contributed by atoms with Gasteiger partial charge in [0, 0.05) is 36.8 Å². The van der Waals surface area contributed by atoms with E-state index < -0.39 is 0 Å². The molecule has 0 atom stereocenters. The van der Waals surface area contributed by atoms with Gasteiger partial charge in [-0.25, -0.2) is 4.68 Å². The van der Waals surface area contributed by atoms with E-state index in [1.54, 1.807) is 23.1 Å². The van der Waals surface area contributed by atoms with E-state index in [1.807, 2.05) is 48.7 Å². The van der Waals surface area contributed by atoms with Crippen LogP contribution in [0.4, 0.5) is 0 Å². The molecule has 6 nitrogen and oxygen atoms in total. The summed E-state index contributed by atoms with van der Waals surface area (Å²) >= 11 is 0. The Labute approximate surface area is 179 Å². The third kappa shape index (κ3) is 3.96. The van der Waals surface area contributed by atoms with Crippen molar-refractivity contribution in [2.24, 2.45) is 0 Å². The van der Waals surface area contributed by atoms with Crippen LogP contribution in [-0.2, 0) is 6.42 Å². The van der Waals surface area contributed by atoms with E-state index in [4.69, 9.17) is 0 Å². The van der Waals surface area contributed by atoms with Crippen LogP contribution in [0.25, 0.3) is 22.5 Å². The molecule has 0 bridgehead atoms. The Morgan fingerprint density at radius 3 is 2.52 bits per heavy atom. The highest BCUT2D eigenvalue weighted by atomic mass is 16.1. The molecule has 1 aromatic carbocycles. The summed E-state index contributed by atoms with van der Waals surface area (Å²) in [6.07, 6.45) is 8.17. The molecule has 4 aromatic heterocycles. The van der Waals surface area contributed by atoms with Crippen molar-refractivity contribution in [1.82, 2.24) is 24.5 Å². The zero-order valence-corrected chi connectivity index (χ0v) is 16.8. The summed E-state index contributed by atoms with van der Waals surface area (Å²) in [5, 5.41) is 7.44. The third-order valence-corrected chi connectivity index (χ3v) is 5.24. The molecule has 0 saturated carbocycles. The van der Waals surface area contributed by atoms with Crippen LogP contribution in [0.1, 0.15) is 16.1 Å². The largest absolute Gasteiger partial charge is 0.350 e. The van der Waals surface area contributed by atoms with E-state index in [1.165, 1.54) is 0 Å². The highest BCUT2D eigenvalue weighted by Crippen LogP contribution is 2.22. The number of nitrogens with zero attached hydrogens (tertiary/aromatic N) is 4. The Kier molecular flexibility index (Phi) is 5.02. The van der Waals surface area contributed by atoms with Crippen LogP contribution >= 0.6 is 0 Å². The highest BCUT2D eigenvalue weighted by Gasteiger charge is 2.12. The lowest BCUT2D eigenvalue weighted by Gasteiger charge is -2.07. The van der Waals surface area contributed by atoms with Crippen LogP contribution in [0.2, 0.25) is 0 Å². The maximum Gasteiger partial charge on any atom is 0.271 e. The summed E-state index contributed by atoms with van der Waals surface area (Å²) < 4.78 is 3.82. The number of amides is 1. The van der Waals surface area contributed by atoms with Crippen LogP contribution in [0, 0.1) is 0 Å². The van der Waals surface area contributed by atoms with Gasteiger partial charge in [0.2, 0.25) is 0 Å². The number of nitrogens with one attached hydrogen (secondary N) is 1. The first-order valence-corrected chi connectivity index (χ1v) is 10.2. The monoisotopic (exact) mass is 407 g/mol. The number of pyridine rings is 2. The minimum Gasteiger partial charge on any atom is -0.350 e. The molecule has 0 aliphatic carbocycles. The smallest absolute Gasteiger partial charge is 0.271 e. The lowest BCUT2D eigenvalue weighted by atomic mass is 10.1. The third-order valence-electron chi connectivity index (χ3n) is 5.24. The number of hydrogen-bond acceptors (Lipinski definition) is 3. The fourth-order valence-electron chi connectivity index (χ4n) is 3.61. The van der Waals surface area contributed by atoms with Gasteiger partial charge in [0.15, 0.2) is 5.69 Å². The second-order valence-corrected chi connectivity index (χ2v) is 7.28. The number of hydrogen-bond donors (Lipinski definition) is 1. The maximum absolute atomic E-state index is 12.5. The first-order chi connectivity index (χ1) is 15.3. The fourth-order valence-corrected chi connectivity index (χ4v) is 3.61. The van der Waals surface area contributed by atoms with Gasteiger partial charge in [-0.3, -0.25) is 9.78 Å². The van der Waals surface area contributed by atoms with Crippen molar-refractivity contribution < 1.29 is 4.79 Å². The summed E-state index contributed by atoms with van der Waals surface area (Å²) in [6, 6.07) is 24.1. The highest BCUT2D eigenvalue weighted by molar-refractivity contribution is 5.92. The van der Waals surface area contributed by atoms with Crippen molar-refractivity contribution >= 4 is 11.4 Å². The van der Waals surface area contributed by atoms with E-state index in [2.05, 4.69) is 50.3 Å². The van der Waals surface area contributed by atoms with Gasteiger partial charge in [-0.1, -0.05) is 36.4 Å². The molecule has 0 radical (unpaired) electrons. The molecule has 4 heterocycles. The second-order valence-electron chi connectivity index (χ2n) is 7.28. The topological polar surface area (TPSA) is 64.2 Å². The van der Waals surface area contributed by atoms with Gasteiger partial charge >= 0.3 is 0 Å². The molecular formula is C25H21N5O. The standard InChI is InChI=1S/C25H21N5O/c31-25(27-16-12-19-10-14-26-15-11-19)23-13-17-30(28-23)24-9-8-22-7-6-21(18-29(22)24)20-4-2-1-3-5-20/h1-11,13-15,17-18H,12,16H2,(H,27,31). The number of rotatable bonds is 6. The predicted octanol–water partition coefficient (Wildman–Crippen LogP) is 4.16. The SMILES string of the molecule is O=C(NCCc1ccncc1)c1ccn(-c2ccc3ccc(-c4ccccc4)cn23)n1. The minimum atomic E-state index is -0.182. The lowest BCUT2D eigenvalue weighted by molar-refractivity contribution is 0.0948. The summed E-state index contributed by atoms with van der Waals surface area (Å²) in [4.78, 5) is 16.5. The molecular weight excluding hydrogens is 386 g/mol. The summed E-state index contributed by atoms with van der Waals surface area (Å²) in [5.41, 5.74) is 4.86. The van der Waals surface area contributed by atoms with E-state index in [-0.39, 0.29) is 5.91 Å². The minimum absolute atomic E-state index is 0.182. The number of carbonyl (C=O) groups is 1. The van der Waals surface area contributed by atoms with Crippen LogP contribution in [-0.4, -0.2) is 31.6 Å². The average Bonchev–Trinajstić information content (AvgIpc) is 3.47. The summed E-state index contributed by atoms with van der Waals surface area (Å²) in [5.74, 6) is 0.697.